The maximum absolute atomic E-state index is 12.8. The van der Waals surface area contributed by atoms with Crippen molar-refractivity contribution in [1.29, 1.82) is 0 Å². The number of fused-ring (bicyclic) bond motifs is 3. The van der Waals surface area contributed by atoms with Crippen molar-refractivity contribution in [3.8, 4) is 22.3 Å². The van der Waals surface area contributed by atoms with Gasteiger partial charge >= 0.3 is 0 Å². The number of benzene rings is 1. The van der Waals surface area contributed by atoms with Gasteiger partial charge in [0.1, 0.15) is 5.65 Å². The topological polar surface area (TPSA) is 61.9 Å². The Hall–Kier alpha value is -3.31. The van der Waals surface area contributed by atoms with E-state index in [1.54, 1.807) is 6.20 Å². The number of likely N-dealkylation sites (tertiary alicyclic amines) is 1. The van der Waals surface area contributed by atoms with E-state index in [0.717, 1.165) is 64.8 Å². The molecule has 0 amide bonds. The first-order valence-electron chi connectivity index (χ1n) is 10.9. The molecule has 1 N–H and O–H groups in total. The van der Waals surface area contributed by atoms with Crippen LogP contribution in [0.15, 0.2) is 61.2 Å². The minimum Gasteiger partial charge on any atom is -0.346 e. The third-order valence-corrected chi connectivity index (χ3v) is 7.17. The summed E-state index contributed by atoms with van der Waals surface area (Å²) in [5.41, 5.74) is 7.39. The Morgan fingerprint density at radius 3 is 2.68 bits per heavy atom. The Labute approximate surface area is 181 Å². The van der Waals surface area contributed by atoms with Crippen LogP contribution in [0.3, 0.4) is 0 Å². The zero-order valence-corrected chi connectivity index (χ0v) is 17.6. The lowest BCUT2D eigenvalue weighted by Gasteiger charge is -2.38. The van der Waals surface area contributed by atoms with Crippen molar-refractivity contribution < 1.29 is 4.79 Å². The average Bonchev–Trinajstić information content (AvgIpc) is 3.35. The molecule has 4 aromatic rings. The van der Waals surface area contributed by atoms with Crippen LogP contribution in [0.4, 0.5) is 0 Å². The van der Waals surface area contributed by atoms with Crippen LogP contribution >= 0.6 is 0 Å². The van der Waals surface area contributed by atoms with Gasteiger partial charge in [-0.05, 0) is 62.3 Å². The van der Waals surface area contributed by atoms with Crippen LogP contribution in [0.2, 0.25) is 0 Å². The van der Waals surface area contributed by atoms with Gasteiger partial charge in [0.15, 0.2) is 5.78 Å². The molecule has 1 spiro atoms. The number of hydrogen-bond acceptors (Lipinski definition) is 4. The molecule has 1 fully saturated rings. The average molecular weight is 409 g/mol. The molecule has 1 aliphatic carbocycles. The molecular weight excluding hydrogens is 384 g/mol. The number of pyridine rings is 2. The van der Waals surface area contributed by atoms with Crippen LogP contribution in [0.1, 0.15) is 35.2 Å². The fourth-order valence-corrected chi connectivity index (χ4v) is 5.32. The SMILES string of the molecule is CN1CCC2(CC1)CC(=O)c1ccc(-c3c[nH]c4ncc(-c5cccnc5)cc34)cc12. The van der Waals surface area contributed by atoms with Gasteiger partial charge in [-0.15, -0.1) is 0 Å². The monoisotopic (exact) mass is 408 g/mol. The lowest BCUT2D eigenvalue weighted by Crippen LogP contribution is -2.39. The van der Waals surface area contributed by atoms with E-state index in [9.17, 15) is 4.79 Å². The predicted octanol–water partition coefficient (Wildman–Crippen LogP) is 4.84. The summed E-state index contributed by atoms with van der Waals surface area (Å²) < 4.78 is 0. The van der Waals surface area contributed by atoms with Gasteiger partial charge in [-0.3, -0.25) is 9.78 Å². The third kappa shape index (κ3) is 2.92. The number of hydrogen-bond donors (Lipinski definition) is 1. The van der Waals surface area contributed by atoms with Gasteiger partial charge < -0.3 is 9.88 Å². The molecule has 1 aliphatic heterocycles. The maximum atomic E-state index is 12.8. The zero-order chi connectivity index (χ0) is 21.0. The molecule has 5 nitrogen and oxygen atoms in total. The van der Waals surface area contributed by atoms with Crippen LogP contribution in [-0.4, -0.2) is 45.8 Å². The van der Waals surface area contributed by atoms with Crippen molar-refractivity contribution in [1.82, 2.24) is 19.9 Å². The van der Waals surface area contributed by atoms with Gasteiger partial charge in [0.2, 0.25) is 0 Å². The first-order valence-corrected chi connectivity index (χ1v) is 10.9. The summed E-state index contributed by atoms with van der Waals surface area (Å²) in [6.45, 7) is 2.09. The summed E-state index contributed by atoms with van der Waals surface area (Å²) >= 11 is 0. The van der Waals surface area contributed by atoms with E-state index in [-0.39, 0.29) is 5.41 Å². The fourth-order valence-electron chi connectivity index (χ4n) is 5.32. The van der Waals surface area contributed by atoms with Crippen molar-refractivity contribution in [3.05, 3.63) is 72.3 Å². The molecule has 5 heteroatoms. The number of carbonyl (C=O) groups is 1. The number of ketones is 1. The van der Waals surface area contributed by atoms with Gasteiger partial charge in [0.05, 0.1) is 0 Å². The summed E-state index contributed by atoms with van der Waals surface area (Å²) in [5, 5.41) is 1.09. The molecule has 0 bridgehead atoms. The molecule has 1 aromatic carbocycles. The van der Waals surface area contributed by atoms with Crippen LogP contribution < -0.4 is 0 Å². The quantitative estimate of drug-likeness (QED) is 0.515. The molecule has 0 unspecified atom stereocenters. The summed E-state index contributed by atoms with van der Waals surface area (Å²) in [6.07, 6.45) is 10.3. The number of nitrogens with zero attached hydrogens (tertiary/aromatic N) is 3. The van der Waals surface area contributed by atoms with Gasteiger partial charge in [0.25, 0.3) is 0 Å². The van der Waals surface area contributed by atoms with Crippen molar-refractivity contribution in [2.75, 3.05) is 20.1 Å². The highest BCUT2D eigenvalue weighted by atomic mass is 16.1. The highest BCUT2D eigenvalue weighted by Gasteiger charge is 2.44. The molecule has 6 rings (SSSR count). The van der Waals surface area contributed by atoms with Crippen molar-refractivity contribution in [3.63, 3.8) is 0 Å². The Bertz CT molecular complexity index is 1300. The predicted molar refractivity (Wildman–Crippen MR) is 122 cm³/mol. The minimum atomic E-state index is 0.000164. The Balaban J connectivity index is 1.46. The van der Waals surface area contributed by atoms with Crippen LogP contribution in [0.5, 0.6) is 0 Å². The van der Waals surface area contributed by atoms with E-state index in [1.807, 2.05) is 36.8 Å². The number of carbonyl (C=O) groups excluding carboxylic acids is 1. The van der Waals surface area contributed by atoms with Crippen molar-refractivity contribution in [2.24, 2.45) is 0 Å². The number of rotatable bonds is 2. The number of aromatic nitrogens is 3. The highest BCUT2D eigenvalue weighted by Crippen LogP contribution is 2.47. The van der Waals surface area contributed by atoms with E-state index in [4.69, 9.17) is 0 Å². The van der Waals surface area contributed by atoms with E-state index in [0.29, 0.717) is 12.2 Å². The lowest BCUT2D eigenvalue weighted by molar-refractivity contribution is 0.0945. The second-order valence-electron chi connectivity index (χ2n) is 9.01. The molecule has 0 saturated carbocycles. The second kappa shape index (κ2) is 6.86. The van der Waals surface area contributed by atoms with Crippen molar-refractivity contribution >= 4 is 16.8 Å². The Morgan fingerprint density at radius 2 is 1.87 bits per heavy atom. The Morgan fingerprint density at radius 1 is 1.00 bits per heavy atom. The van der Waals surface area contributed by atoms with Gasteiger partial charge in [-0.25, -0.2) is 4.98 Å². The van der Waals surface area contributed by atoms with Gasteiger partial charge in [-0.1, -0.05) is 18.2 Å². The summed E-state index contributed by atoms with van der Waals surface area (Å²) in [7, 11) is 2.17. The van der Waals surface area contributed by atoms with E-state index in [2.05, 4.69) is 45.1 Å². The number of piperidine rings is 1. The molecule has 2 aliphatic rings. The molecule has 0 atom stereocenters. The first kappa shape index (κ1) is 18.5. The smallest absolute Gasteiger partial charge is 0.164 e. The summed E-state index contributed by atoms with van der Waals surface area (Å²) in [4.78, 5) is 27.4. The molecule has 31 heavy (non-hydrogen) atoms. The molecule has 154 valence electrons. The standard InChI is InChI=1S/C26H24N4O/c1-30-9-6-26(7-10-30)13-24(31)20-5-4-17(12-23(20)26)22-16-29-25-21(22)11-19(15-28-25)18-3-2-8-27-14-18/h2-5,8,11-12,14-16H,6-7,9-10,13H2,1H3,(H,28,29). The van der Waals surface area contributed by atoms with Gasteiger partial charge in [-0.2, -0.15) is 0 Å². The van der Waals surface area contributed by atoms with E-state index < -0.39 is 0 Å². The second-order valence-corrected chi connectivity index (χ2v) is 9.01. The largest absolute Gasteiger partial charge is 0.346 e. The van der Waals surface area contributed by atoms with Crippen LogP contribution in [0, 0.1) is 0 Å². The minimum absolute atomic E-state index is 0.000164. The number of Topliss-reactive ketones (excluding diaryl/α,β-unsaturated/α-hetero) is 1. The number of H-pyrrole nitrogens is 1. The maximum Gasteiger partial charge on any atom is 0.164 e. The van der Waals surface area contributed by atoms with Crippen LogP contribution in [0.25, 0.3) is 33.3 Å². The number of nitrogens with one attached hydrogen (secondary N) is 1. The normalized spacial score (nSPS) is 18.0. The highest BCUT2D eigenvalue weighted by molar-refractivity contribution is 6.04. The fraction of sp³-hybridized carbons (Fsp3) is 0.269. The number of aromatic amines is 1. The van der Waals surface area contributed by atoms with E-state index >= 15 is 0 Å². The molecule has 4 heterocycles. The zero-order valence-electron chi connectivity index (χ0n) is 17.6. The van der Waals surface area contributed by atoms with E-state index in [1.165, 1.54) is 5.56 Å². The summed E-state index contributed by atoms with van der Waals surface area (Å²) in [5.74, 6) is 0.297. The molecule has 1 saturated heterocycles. The third-order valence-electron chi connectivity index (χ3n) is 7.17. The lowest BCUT2D eigenvalue weighted by atomic mass is 9.73. The Kier molecular flexibility index (Phi) is 4.08. The molecular formula is C26H24N4O. The van der Waals surface area contributed by atoms with Gasteiger partial charge in [0, 0.05) is 64.3 Å². The first-order chi connectivity index (χ1) is 15.1. The molecule has 0 radical (unpaired) electrons. The van der Waals surface area contributed by atoms with Crippen molar-refractivity contribution in [2.45, 2.75) is 24.7 Å². The summed E-state index contributed by atoms with van der Waals surface area (Å²) in [6, 6.07) is 12.6. The molecule has 3 aromatic heterocycles. The van der Waals surface area contributed by atoms with Crippen LogP contribution in [-0.2, 0) is 5.41 Å².